The fourth-order valence-corrected chi connectivity index (χ4v) is 0. The summed E-state index contributed by atoms with van der Waals surface area (Å²) in [6.45, 7) is 0. The molecule has 1 radical (unpaired) electrons. The van der Waals surface area contributed by atoms with Crippen LogP contribution >= 0.6 is 7.82 Å². The number of halogens is 1. The molecule has 0 aliphatic carbocycles. The predicted octanol–water partition coefficient (Wildman–Crippen LogP) is -7.28. The zero-order chi connectivity index (χ0) is 5.21. The van der Waals surface area contributed by atoms with Gasteiger partial charge in [-0.2, -0.15) is 4.73 Å². The molecule has 0 fully saturated rings. The first-order chi connectivity index (χ1) is 2.56. The summed E-state index contributed by atoms with van der Waals surface area (Å²) in [7, 11) is -5.31. The van der Waals surface area contributed by atoms with E-state index in [1.807, 2.05) is 4.73 Å². The van der Waals surface area contributed by atoms with Gasteiger partial charge in [0.2, 0.25) is 0 Å². The van der Waals surface area contributed by atoms with E-state index < -0.39 is 7.82 Å². The standard InChI is InChI=1S/Cs.FH2O4P.K.V/c;1-5-6(2,3)4;;/h;(H2,2,3,4);;/q+1;;+1;/p-2. The van der Waals surface area contributed by atoms with Gasteiger partial charge < -0.3 is 14.4 Å². The summed E-state index contributed by atoms with van der Waals surface area (Å²) < 4.78 is 20.9. The molecule has 0 aromatic heterocycles. The van der Waals surface area contributed by atoms with Gasteiger partial charge in [-0.1, -0.05) is 0 Å². The monoisotopic (exact) mass is 337 g/mol. The SMILES string of the molecule is O=P([O-])([O-])OF.[Cs+].[K+].[V]. The zero-order valence-electron chi connectivity index (χ0n) is 4.91. The molecule has 0 bridgehead atoms. The van der Waals surface area contributed by atoms with Gasteiger partial charge in [0.1, 0.15) is 7.82 Å². The van der Waals surface area contributed by atoms with Crippen molar-refractivity contribution in [2.45, 2.75) is 0 Å². The van der Waals surface area contributed by atoms with Crippen molar-refractivity contribution in [1.82, 2.24) is 0 Å². The summed E-state index contributed by atoms with van der Waals surface area (Å²) in [5.74, 6) is 0. The first-order valence-corrected chi connectivity index (χ1v) is 2.35. The largest absolute Gasteiger partial charge is 1.00 e. The summed E-state index contributed by atoms with van der Waals surface area (Å²) in [4.78, 5) is 17.8. The molecule has 0 aliphatic heterocycles. The number of hydrogen-bond acceptors (Lipinski definition) is 4. The molecule has 0 saturated heterocycles. The molecule has 4 nitrogen and oxygen atoms in total. The van der Waals surface area contributed by atoms with Crippen molar-refractivity contribution in [3.8, 4) is 0 Å². The van der Waals surface area contributed by atoms with E-state index >= 15 is 0 Å². The van der Waals surface area contributed by atoms with E-state index in [0.717, 1.165) is 0 Å². The molecule has 0 aromatic carbocycles. The van der Waals surface area contributed by atoms with Crippen molar-refractivity contribution >= 4 is 7.82 Å². The van der Waals surface area contributed by atoms with Crippen LogP contribution in [0.3, 0.4) is 0 Å². The van der Waals surface area contributed by atoms with Crippen LogP contribution in [0.1, 0.15) is 0 Å². The second-order valence-electron chi connectivity index (χ2n) is 0.516. The topological polar surface area (TPSA) is 72.4 Å². The number of phosphoric acid groups is 1. The Bertz CT molecular complexity index is 84.6. The summed E-state index contributed by atoms with van der Waals surface area (Å²) in [5, 5.41) is 0. The van der Waals surface area contributed by atoms with Gasteiger partial charge >= 0.3 is 120 Å². The minimum Gasteiger partial charge on any atom is -0.787 e. The van der Waals surface area contributed by atoms with Crippen LogP contribution in [0.4, 0.5) is 4.53 Å². The molecular formula is CsFKO4PV. The van der Waals surface area contributed by atoms with Crippen molar-refractivity contribution in [2.24, 2.45) is 0 Å². The van der Waals surface area contributed by atoms with Crippen molar-refractivity contribution in [1.29, 1.82) is 0 Å². The Balaban J connectivity index is -0.0000000417. The van der Waals surface area contributed by atoms with Crippen LogP contribution in [0.15, 0.2) is 0 Å². The minimum atomic E-state index is -5.31. The average Bonchev–Trinajstić information content (AvgIpc) is 1.35. The Labute approximate surface area is 165 Å². The third-order valence-corrected chi connectivity index (χ3v) is 0.254. The summed E-state index contributed by atoms with van der Waals surface area (Å²) >= 11 is 0. The van der Waals surface area contributed by atoms with Crippen molar-refractivity contribution in [2.75, 3.05) is 0 Å². The Kier molecular flexibility index (Phi) is 31.8. The Morgan fingerprint density at radius 1 is 1.44 bits per heavy atom. The van der Waals surface area contributed by atoms with Crippen LogP contribution in [-0.2, 0) is 27.8 Å². The van der Waals surface area contributed by atoms with E-state index in [2.05, 4.69) is 0 Å². The molecule has 0 rings (SSSR count). The molecular weight excluding hydrogens is 337 g/mol. The maximum Gasteiger partial charge on any atom is 1.00 e. The van der Waals surface area contributed by atoms with Gasteiger partial charge in [-0.15, -0.1) is 0 Å². The molecule has 0 amide bonds. The van der Waals surface area contributed by atoms with E-state index in [4.69, 9.17) is 14.4 Å². The second kappa shape index (κ2) is 12.3. The van der Waals surface area contributed by atoms with Gasteiger partial charge in [-0.25, -0.2) is 0 Å². The van der Waals surface area contributed by atoms with Crippen LogP contribution in [0.5, 0.6) is 0 Å². The first kappa shape index (κ1) is 23.3. The molecule has 0 N–H and O–H groups in total. The third-order valence-electron chi connectivity index (χ3n) is 0.0845. The van der Waals surface area contributed by atoms with E-state index in [9.17, 15) is 4.53 Å². The maximum absolute atomic E-state index is 10.1. The van der Waals surface area contributed by atoms with Crippen molar-refractivity contribution in [3.05, 3.63) is 0 Å². The number of rotatable bonds is 1. The molecule has 0 aromatic rings. The smallest absolute Gasteiger partial charge is 0.787 e. The molecule has 0 unspecified atom stereocenters. The number of hydrogen-bond donors (Lipinski definition) is 0. The maximum atomic E-state index is 10.1. The van der Waals surface area contributed by atoms with E-state index in [-0.39, 0.29) is 139 Å². The van der Waals surface area contributed by atoms with Gasteiger partial charge in [-0.3, -0.25) is 0 Å². The van der Waals surface area contributed by atoms with Gasteiger partial charge in [0, 0.05) is 18.6 Å². The van der Waals surface area contributed by atoms with E-state index in [0.29, 0.717) is 0 Å². The zero-order valence-corrected chi connectivity index (χ0v) is 16.6. The Morgan fingerprint density at radius 2 is 1.56 bits per heavy atom. The molecule has 9 heavy (non-hydrogen) atoms. The van der Waals surface area contributed by atoms with Gasteiger partial charge in [0.15, 0.2) is 0 Å². The molecule has 0 saturated carbocycles. The van der Waals surface area contributed by atoms with E-state index in [1.165, 1.54) is 0 Å². The van der Waals surface area contributed by atoms with Gasteiger partial charge in [-0.05, 0) is 4.53 Å². The van der Waals surface area contributed by atoms with E-state index in [1.54, 1.807) is 0 Å². The molecule has 0 spiro atoms. The second-order valence-corrected chi connectivity index (χ2v) is 1.55. The molecule has 0 atom stereocenters. The average molecular weight is 337 g/mol. The predicted molar refractivity (Wildman–Crippen MR) is 9.80 cm³/mol. The van der Waals surface area contributed by atoms with Crippen LogP contribution < -0.4 is 130 Å². The fourth-order valence-electron chi connectivity index (χ4n) is 0. The summed E-state index contributed by atoms with van der Waals surface area (Å²) in [6, 6.07) is 0. The molecule has 43 valence electrons. The van der Waals surface area contributed by atoms with Crippen molar-refractivity contribution < 1.29 is 162 Å². The minimum absolute atomic E-state index is 0. The summed E-state index contributed by atoms with van der Waals surface area (Å²) in [5.41, 5.74) is 0. The van der Waals surface area contributed by atoms with Crippen LogP contribution in [0, 0.1) is 0 Å². The van der Waals surface area contributed by atoms with Crippen LogP contribution in [-0.4, -0.2) is 0 Å². The van der Waals surface area contributed by atoms with Crippen molar-refractivity contribution in [3.63, 3.8) is 0 Å². The quantitative estimate of drug-likeness (QED) is 0.352. The Hall–Kier alpha value is 4.31. The molecule has 0 heterocycles. The van der Waals surface area contributed by atoms with Gasteiger partial charge in [0.05, 0.1) is 0 Å². The third kappa shape index (κ3) is 24.5. The first-order valence-electron chi connectivity index (χ1n) is 0.885. The van der Waals surface area contributed by atoms with Crippen LogP contribution in [0.25, 0.3) is 0 Å². The summed E-state index contributed by atoms with van der Waals surface area (Å²) in [6.07, 6.45) is 0. The normalized spacial score (nSPS) is 7.89. The molecule has 0 aliphatic rings. The van der Waals surface area contributed by atoms with Crippen LogP contribution in [0.2, 0.25) is 0 Å². The fraction of sp³-hybridized carbons (Fsp3) is 0. The molecule has 9 heteroatoms. The van der Waals surface area contributed by atoms with Gasteiger partial charge in [0.25, 0.3) is 0 Å². The Morgan fingerprint density at radius 3 is 1.56 bits per heavy atom.